The zero-order valence-electron chi connectivity index (χ0n) is 18.5. The van der Waals surface area contributed by atoms with Gasteiger partial charge in [-0.25, -0.2) is 0 Å². The smallest absolute Gasteiger partial charge is 0.290 e. The number of carbonyl (C=O) groups excluding carboxylic acids is 1. The van der Waals surface area contributed by atoms with E-state index in [1.165, 1.54) is 11.1 Å². The van der Waals surface area contributed by atoms with Crippen LogP contribution in [0, 0.1) is 13.8 Å². The van der Waals surface area contributed by atoms with Gasteiger partial charge < -0.3 is 10.0 Å². The van der Waals surface area contributed by atoms with Crippen molar-refractivity contribution < 1.29 is 14.7 Å². The number of hydrogen-bond donors (Lipinski definition) is 1. The standard InChI is InChI=1S/C23H30N4O.CH2O2/c1-4-12-27-18(3)22(17(2)24-27)23(28)25-14-10-21(11-15-25)26-13-9-19-7-5-6-8-20(19)16-26;2-1-3/h4-8,21H,1,9-16H2,2-3H3;1H,(H,2,3). The van der Waals surface area contributed by atoms with Crippen molar-refractivity contribution in [3.8, 4) is 0 Å². The number of aryl methyl sites for hydroxylation is 1. The maximum atomic E-state index is 13.1. The molecule has 7 nitrogen and oxygen atoms in total. The zero-order valence-corrected chi connectivity index (χ0v) is 18.5. The van der Waals surface area contributed by atoms with Crippen molar-refractivity contribution in [3.05, 3.63) is 65.0 Å². The van der Waals surface area contributed by atoms with Gasteiger partial charge in [-0.15, -0.1) is 6.58 Å². The number of aromatic nitrogens is 2. The molecular formula is C24H32N4O3. The topological polar surface area (TPSA) is 78.7 Å². The first-order valence-electron chi connectivity index (χ1n) is 10.8. The maximum absolute atomic E-state index is 13.1. The average molecular weight is 425 g/mol. The van der Waals surface area contributed by atoms with E-state index in [-0.39, 0.29) is 12.4 Å². The van der Waals surface area contributed by atoms with Crippen LogP contribution < -0.4 is 0 Å². The van der Waals surface area contributed by atoms with E-state index in [2.05, 4.69) is 40.8 Å². The predicted molar refractivity (Wildman–Crippen MR) is 120 cm³/mol. The van der Waals surface area contributed by atoms with Gasteiger partial charge in [-0.3, -0.25) is 19.2 Å². The number of rotatable bonds is 4. The Kier molecular flexibility index (Phi) is 7.63. The molecule has 166 valence electrons. The highest BCUT2D eigenvalue weighted by Gasteiger charge is 2.31. The minimum atomic E-state index is -0.250. The molecule has 1 saturated heterocycles. The molecule has 0 aliphatic carbocycles. The Bertz CT molecular complexity index is 929. The second-order valence-electron chi connectivity index (χ2n) is 8.13. The lowest BCUT2D eigenvalue weighted by Crippen LogP contribution is -2.48. The SMILES string of the molecule is C=CCn1nc(C)c(C(=O)N2CCC(N3CCc4ccccc4C3)CC2)c1C.O=CO. The molecule has 0 unspecified atom stereocenters. The molecule has 2 aromatic rings. The Morgan fingerprint density at radius 1 is 1.19 bits per heavy atom. The van der Waals surface area contributed by atoms with E-state index >= 15 is 0 Å². The van der Waals surface area contributed by atoms with Crippen molar-refractivity contribution in [2.24, 2.45) is 0 Å². The number of hydrogen-bond acceptors (Lipinski definition) is 4. The third kappa shape index (κ3) is 5.05. The van der Waals surface area contributed by atoms with Crippen LogP contribution in [0.2, 0.25) is 0 Å². The van der Waals surface area contributed by atoms with E-state index in [0.717, 1.165) is 62.4 Å². The summed E-state index contributed by atoms with van der Waals surface area (Å²) in [6, 6.07) is 9.36. The van der Waals surface area contributed by atoms with Gasteiger partial charge in [0.15, 0.2) is 0 Å². The molecule has 2 aliphatic rings. The summed E-state index contributed by atoms with van der Waals surface area (Å²) in [6.07, 6.45) is 5.05. The Hall–Kier alpha value is -2.93. The molecule has 2 aliphatic heterocycles. The molecule has 4 rings (SSSR count). The first kappa shape index (κ1) is 22.7. The predicted octanol–water partition coefficient (Wildman–Crippen LogP) is 3.05. The lowest BCUT2D eigenvalue weighted by molar-refractivity contribution is -0.122. The Morgan fingerprint density at radius 2 is 1.84 bits per heavy atom. The van der Waals surface area contributed by atoms with Crippen LogP contribution in [0.3, 0.4) is 0 Å². The van der Waals surface area contributed by atoms with E-state index in [1.807, 2.05) is 29.5 Å². The first-order chi connectivity index (χ1) is 15.0. The van der Waals surface area contributed by atoms with Gasteiger partial charge in [-0.2, -0.15) is 5.10 Å². The summed E-state index contributed by atoms with van der Waals surface area (Å²) in [5, 5.41) is 11.4. The van der Waals surface area contributed by atoms with Crippen molar-refractivity contribution in [3.63, 3.8) is 0 Å². The fourth-order valence-corrected chi connectivity index (χ4v) is 4.73. The van der Waals surface area contributed by atoms with Crippen LogP contribution in [-0.4, -0.2) is 62.7 Å². The fourth-order valence-electron chi connectivity index (χ4n) is 4.73. The maximum Gasteiger partial charge on any atom is 0.290 e. The van der Waals surface area contributed by atoms with Crippen LogP contribution in [0.5, 0.6) is 0 Å². The van der Waals surface area contributed by atoms with Crippen molar-refractivity contribution in [2.45, 2.75) is 52.2 Å². The summed E-state index contributed by atoms with van der Waals surface area (Å²) in [5.74, 6) is 0.132. The molecule has 0 atom stereocenters. The molecule has 1 fully saturated rings. The molecule has 0 saturated carbocycles. The van der Waals surface area contributed by atoms with Crippen molar-refractivity contribution in [1.29, 1.82) is 0 Å². The van der Waals surface area contributed by atoms with E-state index in [0.29, 0.717) is 12.6 Å². The molecule has 3 heterocycles. The van der Waals surface area contributed by atoms with E-state index in [4.69, 9.17) is 9.90 Å². The van der Waals surface area contributed by atoms with E-state index in [1.54, 1.807) is 0 Å². The molecular weight excluding hydrogens is 392 g/mol. The monoisotopic (exact) mass is 424 g/mol. The third-order valence-corrected chi connectivity index (χ3v) is 6.33. The van der Waals surface area contributed by atoms with Crippen molar-refractivity contribution in [1.82, 2.24) is 19.6 Å². The van der Waals surface area contributed by atoms with Gasteiger partial charge in [-0.1, -0.05) is 30.3 Å². The number of nitrogens with zero attached hydrogens (tertiary/aromatic N) is 4. The van der Waals surface area contributed by atoms with Gasteiger partial charge in [-0.05, 0) is 44.2 Å². The van der Waals surface area contributed by atoms with E-state index in [9.17, 15) is 4.79 Å². The molecule has 0 bridgehead atoms. The number of fused-ring (bicyclic) bond motifs is 1. The van der Waals surface area contributed by atoms with Gasteiger partial charge in [0.25, 0.3) is 12.4 Å². The number of likely N-dealkylation sites (tertiary alicyclic amines) is 1. The zero-order chi connectivity index (χ0) is 22.4. The summed E-state index contributed by atoms with van der Waals surface area (Å²) in [6.45, 7) is 11.9. The summed E-state index contributed by atoms with van der Waals surface area (Å²) in [7, 11) is 0. The minimum Gasteiger partial charge on any atom is -0.483 e. The average Bonchev–Trinajstić information content (AvgIpc) is 3.06. The Balaban J connectivity index is 0.000000858. The van der Waals surface area contributed by atoms with Crippen LogP contribution in [0.15, 0.2) is 36.9 Å². The number of carboxylic acid groups (broad SMARTS) is 1. The largest absolute Gasteiger partial charge is 0.483 e. The number of benzene rings is 1. The second-order valence-corrected chi connectivity index (χ2v) is 8.13. The van der Waals surface area contributed by atoms with Gasteiger partial charge in [0, 0.05) is 37.9 Å². The Labute approximate surface area is 184 Å². The second kappa shape index (κ2) is 10.4. The van der Waals surface area contributed by atoms with Crippen molar-refractivity contribution >= 4 is 12.4 Å². The minimum absolute atomic E-state index is 0.132. The van der Waals surface area contributed by atoms with Crippen LogP contribution in [-0.2, 0) is 24.3 Å². The lowest BCUT2D eigenvalue weighted by Gasteiger charge is -2.40. The normalized spacial score (nSPS) is 16.8. The molecule has 31 heavy (non-hydrogen) atoms. The van der Waals surface area contributed by atoms with Crippen LogP contribution >= 0.6 is 0 Å². The number of amides is 1. The molecule has 1 amide bonds. The molecule has 7 heteroatoms. The van der Waals surface area contributed by atoms with Crippen LogP contribution in [0.1, 0.15) is 45.7 Å². The lowest BCUT2D eigenvalue weighted by atomic mass is 9.95. The van der Waals surface area contributed by atoms with Gasteiger partial charge in [0.1, 0.15) is 0 Å². The number of allylic oxidation sites excluding steroid dienone is 1. The third-order valence-electron chi connectivity index (χ3n) is 6.33. The number of piperidine rings is 1. The Morgan fingerprint density at radius 3 is 2.48 bits per heavy atom. The molecule has 0 spiro atoms. The molecule has 1 aromatic carbocycles. The highest BCUT2D eigenvalue weighted by Crippen LogP contribution is 2.26. The van der Waals surface area contributed by atoms with Crippen LogP contribution in [0.25, 0.3) is 0 Å². The fraction of sp³-hybridized carbons (Fsp3) is 0.458. The first-order valence-corrected chi connectivity index (χ1v) is 10.8. The molecule has 1 aromatic heterocycles. The van der Waals surface area contributed by atoms with Gasteiger partial charge in [0.05, 0.1) is 17.8 Å². The van der Waals surface area contributed by atoms with Crippen LogP contribution in [0.4, 0.5) is 0 Å². The summed E-state index contributed by atoms with van der Waals surface area (Å²) < 4.78 is 1.87. The number of carbonyl (C=O) groups is 2. The quantitative estimate of drug-likeness (QED) is 0.603. The summed E-state index contributed by atoms with van der Waals surface area (Å²) >= 11 is 0. The molecule has 1 N–H and O–H groups in total. The van der Waals surface area contributed by atoms with E-state index < -0.39 is 0 Å². The molecule has 0 radical (unpaired) electrons. The summed E-state index contributed by atoms with van der Waals surface area (Å²) in [5.41, 5.74) is 5.49. The highest BCUT2D eigenvalue weighted by molar-refractivity contribution is 5.96. The summed E-state index contributed by atoms with van der Waals surface area (Å²) in [4.78, 5) is 26.1. The van der Waals surface area contributed by atoms with Crippen molar-refractivity contribution in [2.75, 3.05) is 19.6 Å². The van der Waals surface area contributed by atoms with Gasteiger partial charge in [0.2, 0.25) is 0 Å². The highest BCUT2D eigenvalue weighted by atomic mass is 16.3. The van der Waals surface area contributed by atoms with Gasteiger partial charge >= 0.3 is 0 Å².